The van der Waals surface area contributed by atoms with Crippen molar-refractivity contribution in [3.8, 4) is 44.5 Å². The lowest BCUT2D eigenvalue weighted by Gasteiger charge is -2.26. The van der Waals surface area contributed by atoms with Crippen molar-refractivity contribution in [1.82, 2.24) is 0 Å². The third-order valence-corrected chi connectivity index (χ3v) is 14.8. The molecule has 0 saturated heterocycles. The Morgan fingerprint density at radius 2 is 0.379 bits per heavy atom. The van der Waals surface area contributed by atoms with E-state index in [0.717, 1.165) is 0 Å². The number of hydrogen-bond acceptors (Lipinski definition) is 0. The summed E-state index contributed by atoms with van der Waals surface area (Å²) >= 11 is 0. The molecule has 0 saturated carbocycles. The Balaban J connectivity index is 1.31. The minimum atomic E-state index is 1.22. The van der Waals surface area contributed by atoms with Gasteiger partial charge in [-0.2, -0.15) is 0 Å². The normalized spacial score (nSPS) is 12.2. The van der Waals surface area contributed by atoms with Crippen LogP contribution in [0.15, 0.2) is 231 Å². The van der Waals surface area contributed by atoms with E-state index in [4.69, 9.17) is 0 Å². The maximum atomic E-state index is 2.59. The average molecular weight is 831 g/mol. The molecule has 0 heteroatoms. The Bertz CT molecular complexity index is 3880. The molecule has 15 aromatic carbocycles. The highest BCUT2D eigenvalue weighted by Crippen LogP contribution is 2.56. The number of rotatable bonds is 4. The molecule has 0 bridgehead atoms. The van der Waals surface area contributed by atoms with Crippen LogP contribution in [0.3, 0.4) is 0 Å². The highest BCUT2D eigenvalue weighted by Gasteiger charge is 2.27. The molecule has 302 valence electrons. The van der Waals surface area contributed by atoms with Gasteiger partial charge in [-0.25, -0.2) is 0 Å². The van der Waals surface area contributed by atoms with Crippen LogP contribution in [0.4, 0.5) is 0 Å². The summed E-state index contributed by atoms with van der Waals surface area (Å²) in [6.07, 6.45) is 0. The van der Waals surface area contributed by atoms with Gasteiger partial charge in [0.2, 0.25) is 0 Å². The van der Waals surface area contributed by atoms with Crippen LogP contribution < -0.4 is 0 Å². The van der Waals surface area contributed by atoms with Gasteiger partial charge in [-0.3, -0.25) is 0 Å². The third kappa shape index (κ3) is 4.77. The molecule has 0 N–H and O–H groups in total. The van der Waals surface area contributed by atoms with Gasteiger partial charge in [0, 0.05) is 0 Å². The molecular weight excluding hydrogens is 793 g/mol. The summed E-state index contributed by atoms with van der Waals surface area (Å²) in [5.74, 6) is 0. The molecule has 0 radical (unpaired) electrons. The number of benzene rings is 15. The van der Waals surface area contributed by atoms with Crippen LogP contribution in [-0.4, -0.2) is 0 Å². The third-order valence-electron chi connectivity index (χ3n) is 14.8. The van der Waals surface area contributed by atoms with E-state index in [1.165, 1.54) is 152 Å². The van der Waals surface area contributed by atoms with Gasteiger partial charge in [0.25, 0.3) is 0 Å². The van der Waals surface area contributed by atoms with Crippen LogP contribution in [0.25, 0.3) is 152 Å². The van der Waals surface area contributed by atoms with Crippen LogP contribution in [0.1, 0.15) is 0 Å². The van der Waals surface area contributed by atoms with Crippen LogP contribution in [0.5, 0.6) is 0 Å². The van der Waals surface area contributed by atoms with E-state index >= 15 is 0 Å². The smallest absolute Gasteiger partial charge is 0.000741 e. The Kier molecular flexibility index (Phi) is 7.31. The largest absolute Gasteiger partial charge is 0.0622 e. The molecule has 0 aromatic heterocycles. The first-order valence-corrected chi connectivity index (χ1v) is 23.1. The molecule has 0 atom stereocenters. The van der Waals surface area contributed by atoms with Gasteiger partial charge in [-0.1, -0.05) is 218 Å². The second kappa shape index (κ2) is 13.5. The van der Waals surface area contributed by atoms with E-state index in [1.807, 2.05) is 0 Å². The first-order chi connectivity index (χ1) is 32.8. The molecule has 0 nitrogen and oxygen atoms in total. The summed E-state index contributed by atoms with van der Waals surface area (Å²) in [4.78, 5) is 0. The molecular formula is C66H38. The van der Waals surface area contributed by atoms with Crippen molar-refractivity contribution in [3.05, 3.63) is 231 Å². The van der Waals surface area contributed by atoms with E-state index in [-0.39, 0.29) is 0 Å². The van der Waals surface area contributed by atoms with Gasteiger partial charge in [0.05, 0.1) is 0 Å². The molecule has 0 aliphatic rings. The summed E-state index contributed by atoms with van der Waals surface area (Å²) < 4.78 is 0. The molecule has 66 heavy (non-hydrogen) atoms. The lowest BCUT2D eigenvalue weighted by Crippen LogP contribution is -1.98. The van der Waals surface area contributed by atoms with E-state index in [0.29, 0.717) is 0 Å². The lowest BCUT2D eigenvalue weighted by atomic mass is 9.77. The van der Waals surface area contributed by atoms with Crippen molar-refractivity contribution in [2.75, 3.05) is 0 Å². The van der Waals surface area contributed by atoms with Crippen molar-refractivity contribution in [2.24, 2.45) is 0 Å². The summed E-state index contributed by atoms with van der Waals surface area (Å²) in [6, 6.07) is 86.9. The fourth-order valence-corrected chi connectivity index (χ4v) is 12.3. The Labute approximate surface area is 380 Å². The zero-order valence-electron chi connectivity index (χ0n) is 35.9. The summed E-state index contributed by atoms with van der Waals surface area (Å²) in [5, 5.41) is 25.8. The topological polar surface area (TPSA) is 0 Å². The monoisotopic (exact) mass is 830 g/mol. The molecule has 0 spiro atoms. The maximum absolute atomic E-state index is 2.59. The second-order valence-electron chi connectivity index (χ2n) is 18.2. The fraction of sp³-hybridized carbons (Fsp3) is 0. The molecule has 0 aliphatic heterocycles. The zero-order valence-corrected chi connectivity index (χ0v) is 35.9. The van der Waals surface area contributed by atoms with Crippen LogP contribution >= 0.6 is 0 Å². The van der Waals surface area contributed by atoms with E-state index < -0.39 is 0 Å². The van der Waals surface area contributed by atoms with Crippen molar-refractivity contribution >= 4 is 108 Å². The van der Waals surface area contributed by atoms with E-state index in [1.54, 1.807) is 0 Å². The van der Waals surface area contributed by atoms with Gasteiger partial charge >= 0.3 is 0 Å². The van der Waals surface area contributed by atoms with Gasteiger partial charge in [0.1, 0.15) is 0 Å². The Hall–Kier alpha value is -8.58. The zero-order chi connectivity index (χ0) is 43.0. The Morgan fingerprint density at radius 3 is 0.606 bits per heavy atom. The van der Waals surface area contributed by atoms with Gasteiger partial charge in [0.15, 0.2) is 0 Å². The quantitative estimate of drug-likeness (QED) is 0.122. The number of hydrogen-bond donors (Lipinski definition) is 0. The van der Waals surface area contributed by atoms with Crippen molar-refractivity contribution in [3.63, 3.8) is 0 Å². The second-order valence-corrected chi connectivity index (χ2v) is 18.2. The SMILES string of the molecule is c1ccc(-c2c3cc4c(-c5ccccc5)c5c6cccc7ccc8cccc(c5c(-c5ccccc5)c4cc3c(-c3ccccc3)c3c4cccc5ccc9cccc(c23)c9c54)c8c76)cc1. The van der Waals surface area contributed by atoms with Crippen LogP contribution in [0, 0.1) is 0 Å². The lowest BCUT2D eigenvalue weighted by molar-refractivity contribution is 1.66. The first kappa shape index (κ1) is 35.8. The van der Waals surface area contributed by atoms with Gasteiger partial charge in [-0.15, -0.1) is 0 Å². The minimum Gasteiger partial charge on any atom is -0.0622 e. The molecule has 0 aliphatic carbocycles. The highest BCUT2D eigenvalue weighted by molar-refractivity contribution is 6.44. The predicted molar refractivity (Wildman–Crippen MR) is 286 cm³/mol. The van der Waals surface area contributed by atoms with Crippen molar-refractivity contribution < 1.29 is 0 Å². The Morgan fingerprint density at radius 1 is 0.152 bits per heavy atom. The van der Waals surface area contributed by atoms with Crippen molar-refractivity contribution in [1.29, 1.82) is 0 Å². The van der Waals surface area contributed by atoms with Gasteiger partial charge in [-0.05, 0) is 164 Å². The van der Waals surface area contributed by atoms with Gasteiger partial charge < -0.3 is 0 Å². The predicted octanol–water partition coefficient (Wildman–Crippen LogP) is 18.8. The standard InChI is InChI=1S/C66H38/c1-5-17-39(18-6-1)59-51-37-53-54(38-52(51)60(40-19-7-2-8-20-40)64-48-30-14-26-44-34-33-43-25-13-29-47(63(59)64)55(43)56(44)48)62(42-23-11-4-12-24-42)66-50-32-16-28-46-36-35-45-27-15-31-49(57(45)58(46)50)65(66)61(53)41-21-9-3-10-22-41/h1-38H. The molecule has 0 amide bonds. The minimum absolute atomic E-state index is 1.22. The number of fused-ring (bicyclic) bond motifs is 8. The first-order valence-electron chi connectivity index (χ1n) is 23.1. The van der Waals surface area contributed by atoms with Crippen LogP contribution in [0.2, 0.25) is 0 Å². The molecule has 15 aromatic rings. The molecule has 0 heterocycles. The summed E-state index contributed by atoms with van der Waals surface area (Å²) in [7, 11) is 0. The highest BCUT2D eigenvalue weighted by atomic mass is 14.3. The van der Waals surface area contributed by atoms with E-state index in [2.05, 4.69) is 231 Å². The molecule has 15 rings (SSSR count). The maximum Gasteiger partial charge on any atom is -0.000741 e. The molecule has 0 fully saturated rings. The van der Waals surface area contributed by atoms with E-state index in [9.17, 15) is 0 Å². The van der Waals surface area contributed by atoms with Crippen LogP contribution in [-0.2, 0) is 0 Å². The molecule has 0 unspecified atom stereocenters. The fourth-order valence-electron chi connectivity index (χ4n) is 12.3. The van der Waals surface area contributed by atoms with Crippen molar-refractivity contribution in [2.45, 2.75) is 0 Å². The summed E-state index contributed by atoms with van der Waals surface area (Å²) in [5.41, 5.74) is 9.96. The summed E-state index contributed by atoms with van der Waals surface area (Å²) in [6.45, 7) is 0. The average Bonchev–Trinajstić information content (AvgIpc) is 3.39.